The van der Waals surface area contributed by atoms with E-state index in [1.807, 2.05) is 0 Å². The van der Waals surface area contributed by atoms with Crippen molar-refractivity contribution in [3.63, 3.8) is 0 Å². The van der Waals surface area contributed by atoms with Crippen LogP contribution in [-0.4, -0.2) is 34.6 Å². The van der Waals surface area contributed by atoms with Crippen LogP contribution in [0.25, 0.3) is 0 Å². The van der Waals surface area contributed by atoms with Crippen LogP contribution in [0, 0.1) is 0 Å². The zero-order valence-electron chi connectivity index (χ0n) is 13.0. The SMILES string of the molecule is C=CCn1ncc(NCCNC(=O)OC(C)(C)C)c(Cl)c1=O. The number of anilines is 1. The summed E-state index contributed by atoms with van der Waals surface area (Å²) < 4.78 is 6.30. The molecule has 0 bridgehead atoms. The van der Waals surface area contributed by atoms with Crippen molar-refractivity contribution in [2.45, 2.75) is 32.9 Å². The van der Waals surface area contributed by atoms with Gasteiger partial charge in [0.1, 0.15) is 10.6 Å². The number of ether oxygens (including phenoxy) is 1. The van der Waals surface area contributed by atoms with E-state index in [1.54, 1.807) is 26.8 Å². The van der Waals surface area contributed by atoms with Gasteiger partial charge in [0.05, 0.1) is 18.4 Å². The van der Waals surface area contributed by atoms with E-state index in [1.165, 1.54) is 10.9 Å². The summed E-state index contributed by atoms with van der Waals surface area (Å²) in [4.78, 5) is 23.3. The minimum absolute atomic E-state index is 0.0501. The quantitative estimate of drug-likeness (QED) is 0.616. The molecule has 0 aliphatic rings. The fourth-order valence-electron chi connectivity index (χ4n) is 1.52. The maximum absolute atomic E-state index is 11.9. The van der Waals surface area contributed by atoms with E-state index in [4.69, 9.17) is 16.3 Å². The first-order valence-corrected chi connectivity index (χ1v) is 7.19. The molecule has 0 spiro atoms. The smallest absolute Gasteiger partial charge is 0.407 e. The monoisotopic (exact) mass is 328 g/mol. The minimum atomic E-state index is -0.541. The van der Waals surface area contributed by atoms with Gasteiger partial charge in [-0.25, -0.2) is 9.48 Å². The van der Waals surface area contributed by atoms with Gasteiger partial charge in [-0.15, -0.1) is 6.58 Å². The number of allylic oxidation sites excluding steroid dienone is 1. The fraction of sp³-hybridized carbons (Fsp3) is 0.500. The van der Waals surface area contributed by atoms with Crippen molar-refractivity contribution < 1.29 is 9.53 Å². The Balaban J connectivity index is 2.49. The van der Waals surface area contributed by atoms with Gasteiger partial charge in [0, 0.05) is 13.1 Å². The molecule has 1 rings (SSSR count). The van der Waals surface area contributed by atoms with Crippen molar-refractivity contribution in [2.75, 3.05) is 18.4 Å². The topological polar surface area (TPSA) is 85.2 Å². The molecule has 0 fully saturated rings. The number of halogens is 1. The van der Waals surface area contributed by atoms with E-state index in [0.717, 1.165) is 0 Å². The average molecular weight is 329 g/mol. The number of rotatable bonds is 6. The van der Waals surface area contributed by atoms with E-state index in [0.29, 0.717) is 25.3 Å². The van der Waals surface area contributed by atoms with Crippen molar-refractivity contribution in [3.8, 4) is 0 Å². The van der Waals surface area contributed by atoms with Gasteiger partial charge < -0.3 is 15.4 Å². The molecule has 0 saturated heterocycles. The van der Waals surface area contributed by atoms with Crippen LogP contribution < -0.4 is 16.2 Å². The van der Waals surface area contributed by atoms with Crippen LogP contribution in [-0.2, 0) is 11.3 Å². The van der Waals surface area contributed by atoms with Crippen LogP contribution in [0.4, 0.5) is 10.5 Å². The summed E-state index contributed by atoms with van der Waals surface area (Å²) in [6, 6.07) is 0. The highest BCUT2D eigenvalue weighted by Gasteiger charge is 2.15. The second-order valence-corrected chi connectivity index (χ2v) is 5.88. The normalized spacial score (nSPS) is 10.9. The van der Waals surface area contributed by atoms with Gasteiger partial charge in [-0.2, -0.15) is 5.10 Å². The number of carbonyl (C=O) groups excluding carboxylic acids is 1. The molecule has 0 radical (unpaired) electrons. The molecule has 0 saturated carbocycles. The van der Waals surface area contributed by atoms with E-state index < -0.39 is 17.3 Å². The molecular weight excluding hydrogens is 308 g/mol. The molecule has 1 aromatic heterocycles. The second kappa shape index (κ2) is 7.84. The minimum Gasteiger partial charge on any atom is -0.444 e. The molecule has 0 aromatic carbocycles. The molecule has 0 aliphatic carbocycles. The lowest BCUT2D eigenvalue weighted by atomic mass is 10.2. The molecule has 0 unspecified atom stereocenters. The number of carbonyl (C=O) groups is 1. The lowest BCUT2D eigenvalue weighted by Gasteiger charge is -2.19. The maximum atomic E-state index is 11.9. The average Bonchev–Trinajstić information content (AvgIpc) is 2.40. The Hall–Kier alpha value is -2.02. The summed E-state index contributed by atoms with van der Waals surface area (Å²) in [5.41, 5.74) is -0.523. The van der Waals surface area contributed by atoms with Gasteiger partial charge in [0.15, 0.2) is 0 Å². The van der Waals surface area contributed by atoms with Gasteiger partial charge in [0.25, 0.3) is 5.56 Å². The molecule has 0 atom stereocenters. The molecule has 1 heterocycles. The Morgan fingerprint density at radius 1 is 1.50 bits per heavy atom. The van der Waals surface area contributed by atoms with Crippen LogP contribution in [0.3, 0.4) is 0 Å². The molecule has 0 aliphatic heterocycles. The van der Waals surface area contributed by atoms with Crippen LogP contribution >= 0.6 is 11.6 Å². The number of aromatic nitrogens is 2. The van der Waals surface area contributed by atoms with Gasteiger partial charge in [-0.1, -0.05) is 17.7 Å². The van der Waals surface area contributed by atoms with E-state index in [2.05, 4.69) is 22.3 Å². The maximum Gasteiger partial charge on any atom is 0.407 e. The lowest BCUT2D eigenvalue weighted by molar-refractivity contribution is 0.0530. The first-order valence-electron chi connectivity index (χ1n) is 6.82. The number of amides is 1. The number of nitrogens with zero attached hydrogens (tertiary/aromatic N) is 2. The zero-order chi connectivity index (χ0) is 16.8. The predicted molar refractivity (Wildman–Crippen MR) is 86.4 cm³/mol. The lowest BCUT2D eigenvalue weighted by Crippen LogP contribution is -2.35. The zero-order valence-corrected chi connectivity index (χ0v) is 13.7. The van der Waals surface area contributed by atoms with Gasteiger partial charge in [-0.3, -0.25) is 4.79 Å². The van der Waals surface area contributed by atoms with Crippen molar-refractivity contribution in [2.24, 2.45) is 0 Å². The Morgan fingerprint density at radius 3 is 2.77 bits per heavy atom. The third-order valence-corrected chi connectivity index (χ3v) is 2.76. The van der Waals surface area contributed by atoms with Crippen LogP contribution in [0.15, 0.2) is 23.6 Å². The summed E-state index contributed by atoms with van der Waals surface area (Å²) in [6.07, 6.45) is 2.52. The highest BCUT2D eigenvalue weighted by Crippen LogP contribution is 2.14. The molecule has 122 valence electrons. The van der Waals surface area contributed by atoms with Crippen LogP contribution in [0.1, 0.15) is 20.8 Å². The van der Waals surface area contributed by atoms with Crippen molar-refractivity contribution in [1.29, 1.82) is 0 Å². The molecule has 1 amide bonds. The Bertz CT molecular complexity index is 593. The van der Waals surface area contributed by atoms with Gasteiger partial charge in [-0.05, 0) is 20.8 Å². The Morgan fingerprint density at radius 2 is 2.18 bits per heavy atom. The molecule has 1 aromatic rings. The third-order valence-electron chi connectivity index (χ3n) is 2.40. The van der Waals surface area contributed by atoms with Crippen LogP contribution in [0.2, 0.25) is 5.02 Å². The Kier molecular flexibility index (Phi) is 6.42. The second-order valence-electron chi connectivity index (χ2n) is 5.50. The summed E-state index contributed by atoms with van der Waals surface area (Å²) in [7, 11) is 0. The number of hydrogen-bond donors (Lipinski definition) is 2. The first kappa shape index (κ1) is 18.0. The molecular formula is C14H21ClN4O3. The third kappa shape index (κ3) is 5.77. The number of hydrogen-bond acceptors (Lipinski definition) is 5. The fourth-order valence-corrected chi connectivity index (χ4v) is 1.73. The molecule has 7 nitrogen and oxygen atoms in total. The van der Waals surface area contributed by atoms with E-state index >= 15 is 0 Å². The number of alkyl carbamates (subject to hydrolysis) is 1. The molecule has 2 N–H and O–H groups in total. The Labute approximate surface area is 134 Å². The predicted octanol–water partition coefficient (Wildman–Crippen LogP) is 2.02. The highest BCUT2D eigenvalue weighted by atomic mass is 35.5. The summed E-state index contributed by atoms with van der Waals surface area (Å²) >= 11 is 5.98. The largest absolute Gasteiger partial charge is 0.444 e. The van der Waals surface area contributed by atoms with Crippen molar-refractivity contribution in [3.05, 3.63) is 34.2 Å². The van der Waals surface area contributed by atoms with Crippen molar-refractivity contribution in [1.82, 2.24) is 15.1 Å². The molecule has 22 heavy (non-hydrogen) atoms. The summed E-state index contributed by atoms with van der Waals surface area (Å²) in [5.74, 6) is 0. The highest BCUT2D eigenvalue weighted by molar-refractivity contribution is 6.32. The van der Waals surface area contributed by atoms with E-state index in [-0.39, 0.29) is 5.02 Å². The van der Waals surface area contributed by atoms with Crippen LogP contribution in [0.5, 0.6) is 0 Å². The molecule has 8 heteroatoms. The summed E-state index contributed by atoms with van der Waals surface area (Å²) in [5, 5.41) is 9.54. The van der Waals surface area contributed by atoms with Gasteiger partial charge in [0.2, 0.25) is 0 Å². The standard InChI is InChI=1S/C14H21ClN4O3/c1-5-8-19-12(20)11(15)10(9-18-19)16-6-7-17-13(21)22-14(2,3)4/h5,9,16H,1,6-8H2,2-4H3,(H,17,21). The summed E-state index contributed by atoms with van der Waals surface area (Å²) in [6.45, 7) is 9.89. The van der Waals surface area contributed by atoms with Gasteiger partial charge >= 0.3 is 6.09 Å². The first-order chi connectivity index (χ1) is 10.2. The number of nitrogens with one attached hydrogen (secondary N) is 2. The van der Waals surface area contributed by atoms with E-state index in [9.17, 15) is 9.59 Å². The van der Waals surface area contributed by atoms with Crippen molar-refractivity contribution >= 4 is 23.4 Å².